The van der Waals surface area contributed by atoms with Crippen LogP contribution in [-0.4, -0.2) is 36.9 Å². The van der Waals surface area contributed by atoms with Gasteiger partial charge in [-0.05, 0) is 117 Å². The standard InChI is InChI=1S/C29H33FN2O3/c1-19-16-28(31)20(2)21(3)29(19)34-18-25(33)17-32-14-12-23(13-15-32)22-4-8-26(9-5-22)35-27-10-6-24(30)7-11-27/h4-11,16,23H,12-15,17-18,31H2,1-3H3. The fraction of sp³-hybridized carbons (Fsp3) is 0.345. The molecule has 1 heterocycles. The van der Waals surface area contributed by atoms with Crippen LogP contribution < -0.4 is 15.2 Å². The van der Waals surface area contributed by atoms with Crippen LogP contribution in [0.1, 0.15) is 41.0 Å². The summed E-state index contributed by atoms with van der Waals surface area (Å²) in [5, 5.41) is 0. The number of carbonyl (C=O) groups excluding carboxylic acids is 1. The first-order valence-corrected chi connectivity index (χ1v) is 12.1. The molecular weight excluding hydrogens is 443 g/mol. The van der Waals surface area contributed by atoms with Crippen molar-refractivity contribution >= 4 is 11.5 Å². The van der Waals surface area contributed by atoms with Crippen molar-refractivity contribution in [3.8, 4) is 17.2 Å². The minimum absolute atomic E-state index is 0.0699. The molecule has 0 spiro atoms. The van der Waals surface area contributed by atoms with Gasteiger partial charge in [0.1, 0.15) is 29.7 Å². The number of nitrogens with zero attached hydrogens (tertiary/aromatic N) is 1. The number of ketones is 1. The number of hydrogen-bond acceptors (Lipinski definition) is 5. The number of aryl methyl sites for hydroxylation is 1. The van der Waals surface area contributed by atoms with Gasteiger partial charge in [0.15, 0.2) is 5.78 Å². The van der Waals surface area contributed by atoms with E-state index in [1.54, 1.807) is 12.1 Å². The molecule has 1 aliphatic heterocycles. The van der Waals surface area contributed by atoms with Crippen molar-refractivity contribution in [3.63, 3.8) is 0 Å². The van der Waals surface area contributed by atoms with E-state index in [4.69, 9.17) is 15.2 Å². The van der Waals surface area contributed by atoms with E-state index in [0.29, 0.717) is 18.2 Å². The molecule has 184 valence electrons. The normalized spacial score (nSPS) is 14.6. The second-order valence-corrected chi connectivity index (χ2v) is 9.36. The summed E-state index contributed by atoms with van der Waals surface area (Å²) in [6, 6.07) is 16.0. The van der Waals surface area contributed by atoms with Crippen molar-refractivity contribution in [1.29, 1.82) is 0 Å². The van der Waals surface area contributed by atoms with Crippen LogP contribution in [0.4, 0.5) is 10.1 Å². The van der Waals surface area contributed by atoms with Gasteiger partial charge in [-0.1, -0.05) is 12.1 Å². The lowest BCUT2D eigenvalue weighted by molar-refractivity contribution is -0.122. The van der Waals surface area contributed by atoms with Crippen molar-refractivity contribution in [3.05, 3.63) is 82.7 Å². The predicted molar refractivity (Wildman–Crippen MR) is 137 cm³/mol. The topological polar surface area (TPSA) is 64.8 Å². The molecule has 1 saturated heterocycles. The fourth-order valence-electron chi connectivity index (χ4n) is 4.63. The number of nitrogen functional groups attached to an aromatic ring is 1. The highest BCUT2D eigenvalue weighted by Gasteiger charge is 2.22. The summed E-state index contributed by atoms with van der Waals surface area (Å²) in [6.45, 7) is 8.13. The van der Waals surface area contributed by atoms with Gasteiger partial charge in [-0.25, -0.2) is 4.39 Å². The van der Waals surface area contributed by atoms with E-state index in [1.165, 1.54) is 17.7 Å². The SMILES string of the molecule is Cc1cc(N)c(C)c(C)c1OCC(=O)CN1CCC(c2ccc(Oc3ccc(F)cc3)cc2)CC1. The van der Waals surface area contributed by atoms with Crippen molar-refractivity contribution in [2.45, 2.75) is 39.5 Å². The number of anilines is 1. The second-order valence-electron chi connectivity index (χ2n) is 9.36. The zero-order chi connectivity index (χ0) is 24.9. The fourth-order valence-corrected chi connectivity index (χ4v) is 4.63. The maximum atomic E-state index is 13.1. The highest BCUT2D eigenvalue weighted by molar-refractivity contribution is 5.82. The summed E-state index contributed by atoms with van der Waals surface area (Å²) < 4.78 is 24.7. The molecule has 3 aromatic rings. The summed E-state index contributed by atoms with van der Waals surface area (Å²) in [5.41, 5.74) is 11.0. The summed E-state index contributed by atoms with van der Waals surface area (Å²) in [7, 11) is 0. The van der Waals surface area contributed by atoms with Gasteiger partial charge in [0.25, 0.3) is 0 Å². The first kappa shape index (κ1) is 24.7. The summed E-state index contributed by atoms with van der Waals surface area (Å²) in [4.78, 5) is 14.8. The van der Waals surface area contributed by atoms with Crippen LogP contribution in [-0.2, 0) is 4.79 Å². The van der Waals surface area contributed by atoms with Crippen LogP contribution in [0.2, 0.25) is 0 Å². The third kappa shape index (κ3) is 6.20. The van der Waals surface area contributed by atoms with Gasteiger partial charge in [0.2, 0.25) is 0 Å². The Hall–Kier alpha value is -3.38. The van der Waals surface area contributed by atoms with Gasteiger partial charge in [-0.2, -0.15) is 0 Å². The molecule has 0 saturated carbocycles. The number of Topliss-reactive ketones (excluding diaryl/α,β-unsaturated/α-hetero) is 1. The van der Waals surface area contributed by atoms with Crippen molar-refractivity contribution in [2.75, 3.05) is 32.0 Å². The molecule has 4 rings (SSSR count). The molecule has 35 heavy (non-hydrogen) atoms. The van der Waals surface area contributed by atoms with E-state index >= 15 is 0 Å². The van der Waals surface area contributed by atoms with E-state index in [-0.39, 0.29) is 18.2 Å². The average Bonchev–Trinajstić information content (AvgIpc) is 2.85. The van der Waals surface area contributed by atoms with Crippen molar-refractivity contribution in [2.24, 2.45) is 0 Å². The van der Waals surface area contributed by atoms with Crippen LogP contribution in [0.5, 0.6) is 17.2 Å². The third-order valence-electron chi connectivity index (χ3n) is 6.83. The van der Waals surface area contributed by atoms with Gasteiger partial charge >= 0.3 is 0 Å². The lowest BCUT2D eigenvalue weighted by atomic mass is 9.89. The zero-order valence-electron chi connectivity index (χ0n) is 20.6. The van der Waals surface area contributed by atoms with Crippen LogP contribution in [0.25, 0.3) is 0 Å². The van der Waals surface area contributed by atoms with Crippen molar-refractivity contribution < 1.29 is 18.7 Å². The number of benzene rings is 3. The van der Waals surface area contributed by atoms with Crippen LogP contribution in [0.15, 0.2) is 54.6 Å². The Balaban J connectivity index is 1.24. The lowest BCUT2D eigenvalue weighted by Crippen LogP contribution is -2.38. The maximum Gasteiger partial charge on any atom is 0.184 e. The van der Waals surface area contributed by atoms with Crippen LogP contribution >= 0.6 is 0 Å². The highest BCUT2D eigenvalue weighted by atomic mass is 19.1. The van der Waals surface area contributed by atoms with Gasteiger partial charge < -0.3 is 15.2 Å². The summed E-state index contributed by atoms with van der Waals surface area (Å²) >= 11 is 0. The molecule has 5 nitrogen and oxygen atoms in total. The molecule has 0 radical (unpaired) electrons. The number of piperidine rings is 1. The number of carbonyl (C=O) groups is 1. The monoisotopic (exact) mass is 476 g/mol. The zero-order valence-corrected chi connectivity index (χ0v) is 20.6. The van der Waals surface area contributed by atoms with Gasteiger partial charge in [-0.15, -0.1) is 0 Å². The largest absolute Gasteiger partial charge is 0.485 e. The number of likely N-dealkylation sites (tertiary alicyclic amines) is 1. The summed E-state index contributed by atoms with van der Waals surface area (Å²) in [6.07, 6.45) is 2.00. The van der Waals surface area contributed by atoms with Gasteiger partial charge in [-0.3, -0.25) is 9.69 Å². The Morgan fingerprint density at radius 2 is 1.57 bits per heavy atom. The molecule has 0 aliphatic carbocycles. The molecule has 0 amide bonds. The van der Waals surface area contributed by atoms with E-state index in [9.17, 15) is 9.18 Å². The van der Waals surface area contributed by atoms with Gasteiger partial charge in [0, 0.05) is 5.69 Å². The maximum absolute atomic E-state index is 13.1. The average molecular weight is 477 g/mol. The number of ether oxygens (including phenoxy) is 2. The second kappa shape index (κ2) is 10.9. The minimum atomic E-state index is -0.282. The molecule has 0 atom stereocenters. The quantitative estimate of drug-likeness (QED) is 0.407. The summed E-state index contributed by atoms with van der Waals surface area (Å²) in [5.74, 6) is 2.36. The first-order chi connectivity index (χ1) is 16.8. The van der Waals surface area contributed by atoms with E-state index in [2.05, 4.69) is 17.0 Å². The molecule has 2 N–H and O–H groups in total. The first-order valence-electron chi connectivity index (χ1n) is 12.1. The predicted octanol–water partition coefficient (Wildman–Crippen LogP) is 5.95. The molecule has 1 fully saturated rings. The smallest absolute Gasteiger partial charge is 0.184 e. The number of nitrogens with two attached hydrogens (primary N) is 1. The van der Waals surface area contributed by atoms with Crippen molar-refractivity contribution in [1.82, 2.24) is 4.90 Å². The third-order valence-corrected chi connectivity index (χ3v) is 6.83. The Morgan fingerprint density at radius 3 is 2.20 bits per heavy atom. The molecule has 6 heteroatoms. The Bertz CT molecular complexity index is 1170. The van der Waals surface area contributed by atoms with Crippen LogP contribution in [0.3, 0.4) is 0 Å². The highest BCUT2D eigenvalue weighted by Crippen LogP contribution is 2.31. The molecule has 1 aliphatic rings. The Kier molecular flexibility index (Phi) is 7.71. The molecule has 3 aromatic carbocycles. The number of rotatable bonds is 8. The molecule has 0 aromatic heterocycles. The number of hydrogen-bond donors (Lipinski definition) is 1. The van der Waals surface area contributed by atoms with Crippen LogP contribution in [0, 0.1) is 26.6 Å². The van der Waals surface area contributed by atoms with E-state index < -0.39 is 0 Å². The lowest BCUT2D eigenvalue weighted by Gasteiger charge is -2.31. The van der Waals surface area contributed by atoms with E-state index in [1.807, 2.05) is 39.0 Å². The van der Waals surface area contributed by atoms with Gasteiger partial charge in [0.05, 0.1) is 6.54 Å². The van der Waals surface area contributed by atoms with E-state index in [0.717, 1.165) is 59.8 Å². The molecule has 0 bridgehead atoms. The minimum Gasteiger partial charge on any atom is -0.485 e. The Morgan fingerprint density at radius 1 is 0.971 bits per heavy atom. The molecular formula is C29H33FN2O3. The Labute approximate surface area is 206 Å². The number of halogens is 1. The molecule has 0 unspecified atom stereocenters.